The number of aromatic hydroxyl groups is 1. The van der Waals surface area contributed by atoms with Crippen LogP contribution in [0.15, 0.2) is 72.8 Å². The summed E-state index contributed by atoms with van der Waals surface area (Å²) in [5, 5.41) is 12.2. The summed E-state index contributed by atoms with van der Waals surface area (Å²) < 4.78 is 19.3. The Balaban J connectivity index is 0.00000484. The maximum Gasteiger partial charge on any atom is 0.411 e. The number of anilines is 1. The zero-order valence-electron chi connectivity index (χ0n) is 24.1. The summed E-state index contributed by atoms with van der Waals surface area (Å²) >= 11 is 0. The van der Waals surface area contributed by atoms with Crippen LogP contribution in [0.2, 0.25) is 0 Å². The first kappa shape index (κ1) is 32.9. The van der Waals surface area contributed by atoms with Crippen LogP contribution in [0.25, 0.3) is 11.1 Å². The first-order chi connectivity index (χ1) is 19.9. The third-order valence-corrected chi connectivity index (χ3v) is 7.57. The molecule has 0 atom stereocenters. The Morgan fingerprint density at radius 2 is 1.62 bits per heavy atom. The molecule has 1 fully saturated rings. The summed E-state index contributed by atoms with van der Waals surface area (Å²) in [6.45, 7) is 3.49. The second-order valence-corrected chi connectivity index (χ2v) is 10.6. The summed E-state index contributed by atoms with van der Waals surface area (Å²) in [7, 11) is 1.72. The van der Waals surface area contributed by atoms with E-state index in [9.17, 15) is 19.1 Å². The number of likely N-dealkylation sites (tertiary alicyclic amines) is 1. The highest BCUT2D eigenvalue weighted by molar-refractivity contribution is 5.94. The smallest absolute Gasteiger partial charge is 0.411 e. The van der Waals surface area contributed by atoms with Gasteiger partial charge in [-0.25, -0.2) is 9.18 Å². The molecule has 226 valence electrons. The van der Waals surface area contributed by atoms with E-state index in [-0.39, 0.29) is 30.0 Å². The van der Waals surface area contributed by atoms with E-state index in [1.165, 1.54) is 12.1 Å². The zero-order valence-corrected chi connectivity index (χ0v) is 25.0. The monoisotopic (exact) mass is 597 g/mol. The maximum atomic E-state index is 13.5. The Kier molecular flexibility index (Phi) is 13.1. The number of halogens is 2. The van der Waals surface area contributed by atoms with E-state index < -0.39 is 17.7 Å². The Morgan fingerprint density at radius 1 is 0.952 bits per heavy atom. The molecular formula is C33H41ClFN3O4. The van der Waals surface area contributed by atoms with Crippen molar-refractivity contribution in [3.8, 4) is 16.9 Å². The van der Waals surface area contributed by atoms with Crippen molar-refractivity contribution >= 4 is 30.1 Å². The van der Waals surface area contributed by atoms with Crippen molar-refractivity contribution in [3.05, 3.63) is 84.2 Å². The fourth-order valence-corrected chi connectivity index (χ4v) is 5.18. The van der Waals surface area contributed by atoms with Gasteiger partial charge in [-0.05, 0) is 62.1 Å². The highest BCUT2D eigenvalue weighted by atomic mass is 35.5. The van der Waals surface area contributed by atoms with Gasteiger partial charge < -0.3 is 19.6 Å². The van der Waals surface area contributed by atoms with Crippen molar-refractivity contribution in [2.45, 2.75) is 51.0 Å². The number of piperidine rings is 1. The highest BCUT2D eigenvalue weighted by Gasteiger charge is 2.22. The summed E-state index contributed by atoms with van der Waals surface area (Å²) in [5.74, 6) is -1.48. The molecule has 42 heavy (non-hydrogen) atoms. The lowest BCUT2D eigenvalue weighted by atomic mass is 10.0. The van der Waals surface area contributed by atoms with Gasteiger partial charge in [0.1, 0.15) is 6.10 Å². The van der Waals surface area contributed by atoms with Crippen molar-refractivity contribution in [3.63, 3.8) is 0 Å². The van der Waals surface area contributed by atoms with Crippen LogP contribution in [0.1, 0.15) is 55.3 Å². The van der Waals surface area contributed by atoms with Gasteiger partial charge in [-0.2, -0.15) is 0 Å². The molecule has 0 saturated carbocycles. The molecule has 2 amide bonds. The van der Waals surface area contributed by atoms with Crippen LogP contribution in [0, 0.1) is 5.82 Å². The minimum Gasteiger partial charge on any atom is -0.505 e. The number of nitrogens with zero attached hydrogens (tertiary/aromatic N) is 2. The van der Waals surface area contributed by atoms with Crippen LogP contribution in [0.3, 0.4) is 0 Å². The van der Waals surface area contributed by atoms with Crippen LogP contribution < -0.4 is 5.32 Å². The molecule has 1 saturated heterocycles. The molecule has 3 aromatic rings. The lowest BCUT2D eigenvalue weighted by Crippen LogP contribution is -2.38. The molecule has 4 rings (SSSR count). The van der Waals surface area contributed by atoms with E-state index in [4.69, 9.17) is 4.74 Å². The molecule has 0 aromatic heterocycles. The van der Waals surface area contributed by atoms with E-state index in [2.05, 4.69) is 10.2 Å². The van der Waals surface area contributed by atoms with Crippen molar-refractivity contribution < 1.29 is 23.8 Å². The fourth-order valence-electron chi connectivity index (χ4n) is 5.18. The second kappa shape index (κ2) is 16.7. The molecule has 0 spiro atoms. The van der Waals surface area contributed by atoms with E-state index in [0.29, 0.717) is 6.54 Å². The second-order valence-electron chi connectivity index (χ2n) is 10.6. The van der Waals surface area contributed by atoms with Crippen LogP contribution in [0.4, 0.5) is 14.9 Å². The number of carbonyl (C=O) groups is 2. The van der Waals surface area contributed by atoms with Gasteiger partial charge in [0.25, 0.3) is 5.91 Å². The molecule has 0 bridgehead atoms. The van der Waals surface area contributed by atoms with E-state index in [0.717, 1.165) is 87.5 Å². The number of rotatable bonds is 12. The van der Waals surface area contributed by atoms with Gasteiger partial charge >= 0.3 is 6.09 Å². The lowest BCUT2D eigenvalue weighted by Gasteiger charge is -2.31. The third kappa shape index (κ3) is 9.74. The Labute approximate surface area is 254 Å². The van der Waals surface area contributed by atoms with Gasteiger partial charge in [0, 0.05) is 37.8 Å². The highest BCUT2D eigenvalue weighted by Crippen LogP contribution is 2.28. The van der Waals surface area contributed by atoms with Crippen LogP contribution in [0.5, 0.6) is 5.75 Å². The number of carbonyl (C=O) groups excluding carboxylic acids is 2. The lowest BCUT2D eigenvalue weighted by molar-refractivity contribution is 0.0584. The number of nitrogens with one attached hydrogen (secondary N) is 1. The van der Waals surface area contributed by atoms with Gasteiger partial charge in [0.05, 0.1) is 5.69 Å². The molecule has 3 aromatic carbocycles. The van der Waals surface area contributed by atoms with Crippen molar-refractivity contribution in [1.29, 1.82) is 0 Å². The molecule has 1 aliphatic rings. The normalized spacial score (nSPS) is 13.7. The fraction of sp³-hybridized carbons (Fsp3) is 0.394. The Morgan fingerprint density at radius 3 is 2.36 bits per heavy atom. The Hall–Kier alpha value is -3.62. The summed E-state index contributed by atoms with van der Waals surface area (Å²) in [6, 6.07) is 21.4. The number of ether oxygens (including phenoxy) is 1. The van der Waals surface area contributed by atoms with Crippen molar-refractivity contribution in [2.75, 3.05) is 38.5 Å². The molecule has 0 radical (unpaired) electrons. The summed E-state index contributed by atoms with van der Waals surface area (Å²) in [5.41, 5.74) is 2.99. The number of hydrogen-bond donors (Lipinski definition) is 2. The first-order valence-corrected chi connectivity index (χ1v) is 14.5. The number of phenols is 1. The zero-order chi connectivity index (χ0) is 29.0. The van der Waals surface area contributed by atoms with Gasteiger partial charge in [-0.3, -0.25) is 10.1 Å². The minimum absolute atomic E-state index is 0. The molecule has 7 nitrogen and oxygen atoms in total. The number of unbranched alkanes of at least 4 members (excludes halogenated alkanes) is 4. The van der Waals surface area contributed by atoms with E-state index in [1.807, 2.05) is 54.6 Å². The number of benzene rings is 3. The molecule has 0 aliphatic carbocycles. The van der Waals surface area contributed by atoms with Crippen LogP contribution in [-0.4, -0.2) is 66.2 Å². The van der Waals surface area contributed by atoms with Crippen molar-refractivity contribution in [1.82, 2.24) is 9.80 Å². The van der Waals surface area contributed by atoms with Gasteiger partial charge in [0.15, 0.2) is 11.6 Å². The molecule has 1 heterocycles. The standard InChI is InChI=1S/C33H40FN3O4.ClH/c1-36(32(39)26-16-17-31(38)29(34)24-26)20-10-3-2-4-11-21-37-22-18-27(19-23-37)41-33(40)35-30-15-9-8-14-28(30)25-12-6-5-7-13-25;/h5-9,12-17,24,27,38H,2-4,10-11,18-23H2,1H3,(H,35,40);1H. The number of para-hydroxylation sites is 1. The van der Waals surface area contributed by atoms with Gasteiger partial charge in [0.2, 0.25) is 0 Å². The van der Waals surface area contributed by atoms with Gasteiger partial charge in [-0.1, -0.05) is 67.8 Å². The van der Waals surface area contributed by atoms with Gasteiger partial charge in [-0.15, -0.1) is 12.4 Å². The number of phenolic OH excluding ortho intramolecular Hbond substituents is 1. The average molecular weight is 598 g/mol. The number of amides is 2. The average Bonchev–Trinajstić information content (AvgIpc) is 2.99. The van der Waals surface area contributed by atoms with Crippen LogP contribution in [-0.2, 0) is 4.74 Å². The van der Waals surface area contributed by atoms with E-state index in [1.54, 1.807) is 11.9 Å². The first-order valence-electron chi connectivity index (χ1n) is 14.5. The predicted octanol–water partition coefficient (Wildman–Crippen LogP) is 7.36. The quantitative estimate of drug-likeness (QED) is 0.213. The topological polar surface area (TPSA) is 82.1 Å². The summed E-state index contributed by atoms with van der Waals surface area (Å²) in [4.78, 5) is 29.1. The van der Waals surface area contributed by atoms with Crippen LogP contribution >= 0.6 is 12.4 Å². The molecular weight excluding hydrogens is 557 g/mol. The predicted molar refractivity (Wildman–Crippen MR) is 167 cm³/mol. The SMILES string of the molecule is CN(CCCCCCCN1CCC(OC(=O)Nc2ccccc2-c2ccccc2)CC1)C(=O)c1ccc(O)c(F)c1.Cl. The third-order valence-electron chi connectivity index (χ3n) is 7.57. The number of hydrogen-bond acceptors (Lipinski definition) is 5. The van der Waals surface area contributed by atoms with E-state index >= 15 is 0 Å². The van der Waals surface area contributed by atoms with Crippen molar-refractivity contribution in [2.24, 2.45) is 0 Å². The minimum atomic E-state index is -0.785. The summed E-state index contributed by atoms with van der Waals surface area (Å²) in [6.07, 6.45) is 6.44. The maximum absolute atomic E-state index is 13.5. The molecule has 1 aliphatic heterocycles. The molecule has 9 heteroatoms. The largest absolute Gasteiger partial charge is 0.505 e. The molecule has 0 unspecified atom stereocenters. The molecule has 2 N–H and O–H groups in total. The Bertz CT molecular complexity index is 1290.